The van der Waals surface area contributed by atoms with Crippen molar-refractivity contribution in [3.63, 3.8) is 0 Å². The largest absolute Gasteiger partial charge is 0.360 e. The minimum Gasteiger partial charge on any atom is -0.360 e. The van der Waals surface area contributed by atoms with E-state index in [1.54, 1.807) is 13.8 Å². The van der Waals surface area contributed by atoms with Gasteiger partial charge in [-0.05, 0) is 20.9 Å². The number of likely N-dealkylation sites (N-methyl/N-ethyl adjacent to an activating group) is 1. The quantitative estimate of drug-likeness (QED) is 0.801. The number of piperazine rings is 1. The molecule has 1 aliphatic rings. The van der Waals surface area contributed by atoms with Crippen molar-refractivity contribution in [2.75, 3.05) is 33.2 Å². The molecule has 104 valence electrons. The number of hydrogen-bond acceptors (Lipinski definition) is 5. The van der Waals surface area contributed by atoms with Gasteiger partial charge in [-0.2, -0.15) is 4.31 Å². The van der Waals surface area contributed by atoms with E-state index in [0.717, 1.165) is 13.1 Å². The monoisotopic (exact) mass is 295 g/mol. The van der Waals surface area contributed by atoms with E-state index in [1.165, 1.54) is 4.31 Å². The van der Waals surface area contributed by atoms with Crippen LogP contribution in [-0.2, 0) is 10.0 Å². The fourth-order valence-electron chi connectivity index (χ4n) is 2.00. The molecule has 0 atom stereocenters. The van der Waals surface area contributed by atoms with E-state index in [2.05, 4.69) is 10.1 Å². The number of nitrogens with zero attached hydrogens (tertiary/aromatic N) is 3. The van der Waals surface area contributed by atoms with Crippen molar-refractivity contribution in [2.45, 2.75) is 18.7 Å². The highest BCUT2D eigenvalue weighted by molar-refractivity contribution is 7.89. The van der Waals surface area contributed by atoms with E-state index < -0.39 is 10.0 Å². The van der Waals surface area contributed by atoms with Gasteiger partial charge < -0.3 is 9.42 Å². The predicted octanol–water partition coefficient (Wildman–Crippen LogP) is 0.649. The highest BCUT2D eigenvalue weighted by Crippen LogP contribution is 2.23. The highest BCUT2D eigenvalue weighted by Gasteiger charge is 2.32. The summed E-state index contributed by atoms with van der Waals surface area (Å²) in [7, 11) is -1.47. The maximum Gasteiger partial charge on any atom is 0.248 e. The number of sulfonamides is 1. The van der Waals surface area contributed by atoms with Gasteiger partial charge in [0, 0.05) is 26.2 Å². The third-order valence-electron chi connectivity index (χ3n) is 3.03. The van der Waals surface area contributed by atoms with Crippen molar-refractivity contribution in [3.05, 3.63) is 11.5 Å². The summed E-state index contributed by atoms with van der Waals surface area (Å²) >= 11 is 0. The first-order valence-electron chi connectivity index (χ1n) is 5.54. The van der Waals surface area contributed by atoms with Crippen LogP contribution < -0.4 is 0 Å². The molecule has 0 radical (unpaired) electrons. The standard InChI is InChI=1S/C10H17N3O3S.ClH/c1-8-10(9(2)16-11-8)17(14,15)13-6-4-12(3)5-7-13;/h4-7H2,1-3H3;1H. The number of aryl methyl sites for hydroxylation is 2. The van der Waals surface area contributed by atoms with Gasteiger partial charge in [-0.1, -0.05) is 5.16 Å². The Labute approximate surface area is 113 Å². The minimum atomic E-state index is -3.45. The Morgan fingerprint density at radius 2 is 1.72 bits per heavy atom. The van der Waals surface area contributed by atoms with Crippen LogP contribution in [0.15, 0.2) is 9.42 Å². The van der Waals surface area contributed by atoms with Gasteiger partial charge in [-0.25, -0.2) is 8.42 Å². The van der Waals surface area contributed by atoms with Crippen LogP contribution >= 0.6 is 12.4 Å². The molecule has 6 nitrogen and oxygen atoms in total. The van der Waals surface area contributed by atoms with Gasteiger partial charge in [0.15, 0.2) is 5.76 Å². The van der Waals surface area contributed by atoms with Gasteiger partial charge in [0.25, 0.3) is 0 Å². The van der Waals surface area contributed by atoms with Crippen LogP contribution in [0.4, 0.5) is 0 Å². The third kappa shape index (κ3) is 2.69. The Bertz CT molecular complexity index is 487. The molecule has 1 aromatic heterocycles. The molecule has 2 heterocycles. The summed E-state index contributed by atoms with van der Waals surface area (Å²) < 4.78 is 31.2. The van der Waals surface area contributed by atoms with Gasteiger partial charge in [0.05, 0.1) is 0 Å². The first kappa shape index (κ1) is 15.4. The van der Waals surface area contributed by atoms with E-state index in [-0.39, 0.29) is 17.3 Å². The Balaban J connectivity index is 0.00000162. The SMILES string of the molecule is Cc1noc(C)c1S(=O)(=O)N1CCN(C)CC1.Cl. The second-order valence-electron chi connectivity index (χ2n) is 4.36. The molecule has 0 spiro atoms. The highest BCUT2D eigenvalue weighted by atomic mass is 35.5. The molecule has 1 aliphatic heterocycles. The first-order chi connectivity index (χ1) is 7.93. The van der Waals surface area contributed by atoms with Crippen molar-refractivity contribution in [1.29, 1.82) is 0 Å². The molecule has 0 bridgehead atoms. The molecule has 0 N–H and O–H groups in total. The van der Waals surface area contributed by atoms with Crippen molar-refractivity contribution in [1.82, 2.24) is 14.4 Å². The Morgan fingerprint density at radius 3 is 2.17 bits per heavy atom. The van der Waals surface area contributed by atoms with Crippen LogP contribution in [0.25, 0.3) is 0 Å². The molecular formula is C10H18ClN3O3S. The Hall–Kier alpha value is -0.630. The van der Waals surface area contributed by atoms with Crippen molar-refractivity contribution in [3.8, 4) is 0 Å². The summed E-state index contributed by atoms with van der Waals surface area (Å²) in [5.74, 6) is 0.362. The fourth-order valence-corrected chi connectivity index (χ4v) is 3.71. The zero-order valence-corrected chi connectivity index (χ0v) is 12.3. The van der Waals surface area contributed by atoms with Gasteiger partial charge in [0.2, 0.25) is 10.0 Å². The maximum atomic E-state index is 12.4. The molecule has 1 fully saturated rings. The molecule has 1 aromatic rings. The zero-order chi connectivity index (χ0) is 12.6. The summed E-state index contributed by atoms with van der Waals surface area (Å²) in [6, 6.07) is 0. The fraction of sp³-hybridized carbons (Fsp3) is 0.700. The summed E-state index contributed by atoms with van der Waals surface area (Å²) in [6.07, 6.45) is 0. The lowest BCUT2D eigenvalue weighted by atomic mass is 10.4. The van der Waals surface area contributed by atoms with Gasteiger partial charge in [-0.3, -0.25) is 0 Å². The minimum absolute atomic E-state index is 0. The van der Waals surface area contributed by atoms with E-state index >= 15 is 0 Å². The zero-order valence-electron chi connectivity index (χ0n) is 10.7. The maximum absolute atomic E-state index is 12.4. The molecule has 1 saturated heterocycles. The smallest absolute Gasteiger partial charge is 0.248 e. The first-order valence-corrected chi connectivity index (χ1v) is 6.98. The average Bonchev–Trinajstić information content (AvgIpc) is 2.59. The van der Waals surface area contributed by atoms with Gasteiger partial charge in [0.1, 0.15) is 10.6 Å². The predicted molar refractivity (Wildman–Crippen MR) is 69.5 cm³/mol. The van der Waals surface area contributed by atoms with Crippen LogP contribution in [-0.4, -0.2) is 56.0 Å². The lowest BCUT2D eigenvalue weighted by molar-refractivity contribution is 0.222. The Morgan fingerprint density at radius 1 is 1.17 bits per heavy atom. The third-order valence-corrected chi connectivity index (χ3v) is 5.17. The lowest BCUT2D eigenvalue weighted by Gasteiger charge is -2.31. The second-order valence-corrected chi connectivity index (χ2v) is 6.24. The Kier molecular flexibility index (Phi) is 4.77. The van der Waals surface area contributed by atoms with Gasteiger partial charge >= 0.3 is 0 Å². The topological polar surface area (TPSA) is 66.7 Å². The van der Waals surface area contributed by atoms with E-state index in [4.69, 9.17) is 4.52 Å². The molecule has 2 rings (SSSR count). The summed E-state index contributed by atoms with van der Waals surface area (Å²) in [5.41, 5.74) is 0.432. The number of halogens is 1. The summed E-state index contributed by atoms with van der Waals surface area (Å²) in [5, 5.41) is 3.70. The van der Waals surface area contributed by atoms with E-state index in [1.807, 2.05) is 7.05 Å². The molecule has 0 saturated carbocycles. The lowest BCUT2D eigenvalue weighted by Crippen LogP contribution is -2.47. The van der Waals surface area contributed by atoms with Crippen LogP contribution in [0.2, 0.25) is 0 Å². The number of hydrogen-bond donors (Lipinski definition) is 0. The van der Waals surface area contributed by atoms with Crippen LogP contribution in [0.3, 0.4) is 0 Å². The molecule has 0 unspecified atom stereocenters. The second kappa shape index (κ2) is 5.56. The van der Waals surface area contributed by atoms with Gasteiger partial charge in [-0.15, -0.1) is 12.4 Å². The average molecular weight is 296 g/mol. The molecule has 8 heteroatoms. The molecule has 0 aromatic carbocycles. The summed E-state index contributed by atoms with van der Waals surface area (Å²) in [4.78, 5) is 2.33. The summed E-state index contributed by atoms with van der Waals surface area (Å²) in [6.45, 7) is 5.82. The van der Waals surface area contributed by atoms with Crippen LogP contribution in [0.1, 0.15) is 11.5 Å². The van der Waals surface area contributed by atoms with E-state index in [0.29, 0.717) is 24.5 Å². The number of rotatable bonds is 2. The van der Waals surface area contributed by atoms with Crippen molar-refractivity contribution >= 4 is 22.4 Å². The molecule has 0 aliphatic carbocycles. The normalized spacial score (nSPS) is 18.6. The molecular weight excluding hydrogens is 278 g/mol. The molecule has 18 heavy (non-hydrogen) atoms. The van der Waals surface area contributed by atoms with Crippen molar-refractivity contribution in [2.24, 2.45) is 0 Å². The van der Waals surface area contributed by atoms with Crippen LogP contribution in [0.5, 0.6) is 0 Å². The van der Waals surface area contributed by atoms with E-state index in [9.17, 15) is 8.42 Å². The van der Waals surface area contributed by atoms with Crippen LogP contribution in [0, 0.1) is 13.8 Å². The van der Waals surface area contributed by atoms with Crippen molar-refractivity contribution < 1.29 is 12.9 Å². The number of aromatic nitrogens is 1. The molecule has 0 amide bonds.